The first-order valence-electron chi connectivity index (χ1n) is 8.07. The van der Waals surface area contributed by atoms with Crippen molar-refractivity contribution in [3.63, 3.8) is 0 Å². The van der Waals surface area contributed by atoms with E-state index in [0.29, 0.717) is 6.04 Å². The van der Waals surface area contributed by atoms with Gasteiger partial charge in [-0.1, -0.05) is 12.5 Å². The number of rotatable bonds is 1. The van der Waals surface area contributed by atoms with Crippen LogP contribution in [0.1, 0.15) is 55.1 Å². The summed E-state index contributed by atoms with van der Waals surface area (Å²) < 4.78 is 36.5. The van der Waals surface area contributed by atoms with Gasteiger partial charge in [-0.25, -0.2) is 23.6 Å². The normalized spacial score (nSPS) is 16.0. The first-order valence-corrected chi connectivity index (χ1v) is 9.31. The molecule has 1 aliphatic rings. The van der Waals surface area contributed by atoms with E-state index in [1.54, 1.807) is 0 Å². The van der Waals surface area contributed by atoms with E-state index in [9.17, 15) is 0 Å². The molecule has 3 rings (SSSR count). The van der Waals surface area contributed by atoms with Gasteiger partial charge in [0.15, 0.2) is 11.7 Å². The zero-order valence-electron chi connectivity index (χ0n) is 14.3. The van der Waals surface area contributed by atoms with Gasteiger partial charge >= 0.3 is 0 Å². The fraction of sp³-hybridized carbons (Fsp3) is 0.529. The SMILES string of the molecule is Cc1ccc2c(c1)nc(C)c(C)[n+]2C1CCCCC1.[O-][Cl+3]([O-])([O-])[O-]. The molecular weight excluding hydrogens is 332 g/mol. The Morgan fingerprint density at radius 2 is 1.58 bits per heavy atom. The highest BCUT2D eigenvalue weighted by molar-refractivity contribution is 5.72. The number of nitrogens with zero attached hydrogens (tertiary/aromatic N) is 2. The summed E-state index contributed by atoms with van der Waals surface area (Å²) in [4.78, 5) is 4.77. The quantitative estimate of drug-likeness (QED) is 0.622. The Hall–Kier alpha value is -1.31. The fourth-order valence-corrected chi connectivity index (χ4v) is 3.35. The summed E-state index contributed by atoms with van der Waals surface area (Å²) >= 11 is 0. The zero-order chi connectivity index (χ0) is 17.9. The zero-order valence-corrected chi connectivity index (χ0v) is 15.0. The largest absolute Gasteiger partial charge is 0.240 e. The highest BCUT2D eigenvalue weighted by atomic mass is 35.7. The molecule has 0 spiro atoms. The molecule has 1 fully saturated rings. The maximum absolute atomic E-state index is 8.49. The van der Waals surface area contributed by atoms with Crippen LogP contribution in [-0.2, 0) is 0 Å². The summed E-state index contributed by atoms with van der Waals surface area (Å²) in [7, 11) is -4.94. The number of hydrogen-bond acceptors (Lipinski definition) is 5. The molecule has 0 bridgehead atoms. The van der Waals surface area contributed by atoms with E-state index in [1.807, 2.05) is 0 Å². The minimum absolute atomic E-state index is 0.667. The predicted octanol–water partition coefficient (Wildman–Crippen LogP) is -0.803. The molecule has 0 unspecified atom stereocenters. The Morgan fingerprint density at radius 1 is 1.00 bits per heavy atom. The Balaban J connectivity index is 0.000000368. The summed E-state index contributed by atoms with van der Waals surface area (Å²) in [6, 6.07) is 7.33. The van der Waals surface area contributed by atoms with Gasteiger partial charge in [0.25, 0.3) is 0 Å². The lowest BCUT2D eigenvalue weighted by Crippen LogP contribution is -2.68. The molecule has 0 aliphatic heterocycles. The second kappa shape index (κ2) is 7.72. The average molecular weight is 355 g/mol. The third-order valence-electron chi connectivity index (χ3n) is 4.50. The van der Waals surface area contributed by atoms with E-state index in [2.05, 4.69) is 43.5 Å². The summed E-state index contributed by atoms with van der Waals surface area (Å²) in [5.41, 5.74) is 6.25. The monoisotopic (exact) mass is 354 g/mol. The van der Waals surface area contributed by atoms with Gasteiger partial charge in [0.05, 0.1) is 0 Å². The maximum atomic E-state index is 8.49. The molecule has 0 N–H and O–H groups in total. The number of halogens is 1. The van der Waals surface area contributed by atoms with Gasteiger partial charge in [-0.05, 0) is 38.3 Å². The molecule has 7 heteroatoms. The number of fused-ring (bicyclic) bond motifs is 1. The first-order chi connectivity index (χ1) is 11.2. The minimum Gasteiger partial charge on any atom is -0.240 e. The van der Waals surface area contributed by atoms with Crippen molar-refractivity contribution < 1.29 is 33.4 Å². The van der Waals surface area contributed by atoms with Gasteiger partial charge in [0, 0.05) is 25.8 Å². The average Bonchev–Trinajstić information content (AvgIpc) is 2.48. The highest BCUT2D eigenvalue weighted by Crippen LogP contribution is 2.26. The molecule has 0 amide bonds. The summed E-state index contributed by atoms with van der Waals surface area (Å²) in [5.74, 6) is 0. The Labute approximate surface area is 144 Å². The molecule has 6 nitrogen and oxygen atoms in total. The van der Waals surface area contributed by atoms with Gasteiger partial charge in [-0.3, -0.25) is 0 Å². The fourth-order valence-electron chi connectivity index (χ4n) is 3.35. The number of aromatic nitrogens is 2. The molecule has 2 aromatic rings. The topological polar surface area (TPSA) is 109 Å². The van der Waals surface area contributed by atoms with E-state index in [-0.39, 0.29) is 0 Å². The summed E-state index contributed by atoms with van der Waals surface area (Å²) in [6.45, 7) is 6.49. The van der Waals surface area contributed by atoms with Crippen LogP contribution < -0.4 is 23.2 Å². The lowest BCUT2D eigenvalue weighted by atomic mass is 9.94. The maximum Gasteiger partial charge on any atom is 0.231 e. The third kappa shape index (κ3) is 5.09. The van der Waals surface area contributed by atoms with Crippen molar-refractivity contribution in [1.29, 1.82) is 0 Å². The van der Waals surface area contributed by atoms with Gasteiger partial charge in [-0.2, -0.15) is 4.57 Å². The molecule has 132 valence electrons. The molecule has 1 aliphatic carbocycles. The van der Waals surface area contributed by atoms with Crippen LogP contribution in [0, 0.1) is 31.0 Å². The number of hydrogen-bond donors (Lipinski definition) is 0. The molecule has 0 atom stereocenters. The van der Waals surface area contributed by atoms with Crippen LogP contribution in [0.25, 0.3) is 11.0 Å². The van der Waals surface area contributed by atoms with Crippen molar-refractivity contribution in [2.45, 2.75) is 58.9 Å². The molecule has 1 heterocycles. The van der Waals surface area contributed by atoms with Crippen LogP contribution in [0.5, 0.6) is 0 Å². The first kappa shape index (κ1) is 19.0. The van der Waals surface area contributed by atoms with Crippen LogP contribution in [-0.4, -0.2) is 4.98 Å². The van der Waals surface area contributed by atoms with Gasteiger partial charge in [-0.15, -0.1) is 10.2 Å². The molecule has 1 saturated carbocycles. The Morgan fingerprint density at radius 3 is 2.17 bits per heavy atom. The highest BCUT2D eigenvalue weighted by Gasteiger charge is 2.27. The lowest BCUT2D eigenvalue weighted by Gasteiger charge is -2.20. The van der Waals surface area contributed by atoms with Crippen molar-refractivity contribution in [2.24, 2.45) is 0 Å². The lowest BCUT2D eigenvalue weighted by molar-refractivity contribution is -2.00. The molecule has 1 aromatic heterocycles. The van der Waals surface area contributed by atoms with Crippen LogP contribution >= 0.6 is 0 Å². The van der Waals surface area contributed by atoms with Crippen molar-refractivity contribution in [3.05, 3.63) is 35.2 Å². The minimum atomic E-state index is -4.94. The molecule has 1 aromatic carbocycles. The van der Waals surface area contributed by atoms with Crippen molar-refractivity contribution in [1.82, 2.24) is 4.98 Å². The number of benzene rings is 1. The van der Waals surface area contributed by atoms with Crippen LogP contribution in [0.15, 0.2) is 18.2 Å². The molecule has 0 saturated heterocycles. The van der Waals surface area contributed by atoms with Crippen molar-refractivity contribution in [3.8, 4) is 0 Å². The Kier molecular flexibility index (Phi) is 6.11. The third-order valence-corrected chi connectivity index (χ3v) is 4.50. The second-order valence-electron chi connectivity index (χ2n) is 6.31. The van der Waals surface area contributed by atoms with E-state index >= 15 is 0 Å². The summed E-state index contributed by atoms with van der Waals surface area (Å²) in [6.07, 6.45) is 6.77. The number of aryl methyl sites for hydroxylation is 2. The smallest absolute Gasteiger partial charge is 0.231 e. The van der Waals surface area contributed by atoms with E-state index in [4.69, 9.17) is 23.6 Å². The second-order valence-corrected chi connectivity index (χ2v) is 7.07. The van der Waals surface area contributed by atoms with E-state index in [1.165, 1.54) is 54.6 Å². The molecule has 24 heavy (non-hydrogen) atoms. The summed E-state index contributed by atoms with van der Waals surface area (Å²) in [5, 5.41) is 0. The van der Waals surface area contributed by atoms with Crippen molar-refractivity contribution >= 4 is 11.0 Å². The van der Waals surface area contributed by atoms with Crippen LogP contribution in [0.4, 0.5) is 0 Å². The van der Waals surface area contributed by atoms with Gasteiger partial charge < -0.3 is 0 Å². The van der Waals surface area contributed by atoms with Gasteiger partial charge in [0.2, 0.25) is 5.52 Å². The standard InChI is InChI=1S/C17H23N2.ClHO4/c1-12-9-10-17-16(11-12)18-13(2)14(3)19(17)15-7-5-4-6-8-15;2-1(3,4)5/h9-11,15H,4-8H2,1-3H3;(H,2,3,4,5)/q+1;/p-1. The molecular formula is C17H23ClN2O4. The predicted molar refractivity (Wildman–Crippen MR) is 78.3 cm³/mol. The molecule has 0 radical (unpaired) electrons. The van der Waals surface area contributed by atoms with Crippen LogP contribution in [0.3, 0.4) is 0 Å². The van der Waals surface area contributed by atoms with Crippen molar-refractivity contribution in [2.75, 3.05) is 0 Å². The Bertz CT molecular complexity index is 704. The van der Waals surface area contributed by atoms with Crippen LogP contribution in [0.2, 0.25) is 0 Å². The van der Waals surface area contributed by atoms with E-state index < -0.39 is 10.2 Å². The van der Waals surface area contributed by atoms with E-state index in [0.717, 1.165) is 5.52 Å². The van der Waals surface area contributed by atoms with Gasteiger partial charge in [0.1, 0.15) is 11.2 Å².